The molecule has 20 heavy (non-hydrogen) atoms. The molecular weight excluding hydrogens is 254 g/mol. The lowest BCUT2D eigenvalue weighted by molar-refractivity contribution is -0.136. The minimum atomic E-state index is -0.391. The Kier molecular flexibility index (Phi) is 5.09. The van der Waals surface area contributed by atoms with E-state index in [1.54, 1.807) is 4.90 Å². The van der Waals surface area contributed by atoms with Crippen molar-refractivity contribution in [3.8, 4) is 0 Å². The normalized spacial score (nSPS) is 16.7. The molecule has 5 heteroatoms. The van der Waals surface area contributed by atoms with Crippen LogP contribution in [-0.4, -0.2) is 58.6 Å². The Morgan fingerprint density at radius 2 is 2.00 bits per heavy atom. The summed E-state index contributed by atoms with van der Waals surface area (Å²) in [5.74, 6) is 0.263. The molecule has 1 saturated heterocycles. The first-order valence-electron chi connectivity index (χ1n) is 7.17. The highest BCUT2D eigenvalue weighted by Crippen LogP contribution is 2.13. The van der Waals surface area contributed by atoms with Crippen LogP contribution in [0.4, 0.5) is 0 Å². The van der Waals surface area contributed by atoms with Crippen LogP contribution in [-0.2, 0) is 11.3 Å². The highest BCUT2D eigenvalue weighted by molar-refractivity contribution is 5.77. The Balaban J connectivity index is 1.89. The molecule has 1 amide bonds. The van der Waals surface area contributed by atoms with E-state index in [1.165, 1.54) is 0 Å². The van der Waals surface area contributed by atoms with Crippen molar-refractivity contribution >= 4 is 5.91 Å². The van der Waals surface area contributed by atoms with Gasteiger partial charge in [-0.15, -0.1) is 0 Å². The number of hydrogen-bond donors (Lipinski definition) is 1. The standard InChI is InChI=1S/C15H23N3O2/c1-12(2)14-5-3-4-13(16-14)10-17-6-8-18(9-7-17)15(20)11-19/h3-5,12,19H,6-11H2,1-2H3. The second-order valence-electron chi connectivity index (χ2n) is 5.52. The average Bonchev–Trinajstić information content (AvgIpc) is 2.47. The molecule has 0 radical (unpaired) electrons. The van der Waals surface area contributed by atoms with Crippen molar-refractivity contribution in [2.75, 3.05) is 32.8 Å². The van der Waals surface area contributed by atoms with Gasteiger partial charge in [0.2, 0.25) is 5.91 Å². The summed E-state index contributed by atoms with van der Waals surface area (Å²) in [7, 11) is 0. The highest BCUT2D eigenvalue weighted by Gasteiger charge is 2.20. The predicted molar refractivity (Wildman–Crippen MR) is 77.3 cm³/mol. The number of pyridine rings is 1. The van der Waals surface area contributed by atoms with Crippen LogP contribution in [0.15, 0.2) is 18.2 Å². The summed E-state index contributed by atoms with van der Waals surface area (Å²) >= 11 is 0. The first-order valence-corrected chi connectivity index (χ1v) is 7.17. The van der Waals surface area contributed by atoms with Gasteiger partial charge in [0.15, 0.2) is 0 Å². The molecule has 1 aliphatic heterocycles. The Labute approximate surface area is 120 Å². The molecule has 2 rings (SSSR count). The summed E-state index contributed by atoms with van der Waals surface area (Å²) in [6, 6.07) is 6.17. The van der Waals surface area contributed by atoms with Gasteiger partial charge >= 0.3 is 0 Å². The smallest absolute Gasteiger partial charge is 0.248 e. The molecule has 1 aromatic heterocycles. The van der Waals surface area contributed by atoms with E-state index in [2.05, 4.69) is 41.9 Å². The van der Waals surface area contributed by atoms with Crippen molar-refractivity contribution in [1.29, 1.82) is 0 Å². The van der Waals surface area contributed by atoms with Gasteiger partial charge in [-0.2, -0.15) is 0 Å². The molecule has 0 bridgehead atoms. The molecule has 0 aliphatic carbocycles. The fourth-order valence-electron chi connectivity index (χ4n) is 2.39. The highest BCUT2D eigenvalue weighted by atomic mass is 16.3. The molecule has 0 saturated carbocycles. The third-order valence-corrected chi connectivity index (χ3v) is 3.67. The van der Waals surface area contributed by atoms with Crippen molar-refractivity contribution in [3.63, 3.8) is 0 Å². The maximum Gasteiger partial charge on any atom is 0.248 e. The molecule has 1 aliphatic rings. The number of carbonyl (C=O) groups excluding carboxylic acids is 1. The predicted octanol–water partition coefficient (Wildman–Crippen LogP) is 0.841. The minimum absolute atomic E-state index is 0.176. The van der Waals surface area contributed by atoms with E-state index in [4.69, 9.17) is 5.11 Å². The molecule has 0 atom stereocenters. The number of hydrogen-bond acceptors (Lipinski definition) is 4. The summed E-state index contributed by atoms with van der Waals surface area (Å²) in [4.78, 5) is 20.1. The van der Waals surface area contributed by atoms with Gasteiger partial charge in [-0.3, -0.25) is 14.7 Å². The number of rotatable bonds is 4. The van der Waals surface area contributed by atoms with E-state index in [-0.39, 0.29) is 5.91 Å². The number of nitrogens with zero attached hydrogens (tertiary/aromatic N) is 3. The lowest BCUT2D eigenvalue weighted by Gasteiger charge is -2.34. The molecule has 1 N–H and O–H groups in total. The van der Waals surface area contributed by atoms with Crippen LogP contribution in [0, 0.1) is 0 Å². The quantitative estimate of drug-likeness (QED) is 0.886. The summed E-state index contributed by atoms with van der Waals surface area (Å²) in [6.45, 7) is 7.75. The summed E-state index contributed by atoms with van der Waals surface area (Å²) in [5, 5.41) is 8.86. The third kappa shape index (κ3) is 3.77. The van der Waals surface area contributed by atoms with Crippen LogP contribution in [0.5, 0.6) is 0 Å². The van der Waals surface area contributed by atoms with Crippen molar-refractivity contribution in [1.82, 2.24) is 14.8 Å². The lowest BCUT2D eigenvalue weighted by Crippen LogP contribution is -2.49. The molecule has 0 aromatic carbocycles. The van der Waals surface area contributed by atoms with E-state index in [1.807, 2.05) is 0 Å². The summed E-state index contributed by atoms with van der Waals surface area (Å²) in [5.41, 5.74) is 2.20. The Bertz CT molecular complexity index is 454. The molecule has 1 aromatic rings. The number of aromatic nitrogens is 1. The number of aliphatic hydroxyl groups is 1. The van der Waals surface area contributed by atoms with Crippen LogP contribution < -0.4 is 0 Å². The number of carbonyl (C=O) groups is 1. The van der Waals surface area contributed by atoms with E-state index in [0.29, 0.717) is 19.0 Å². The first kappa shape index (κ1) is 14.9. The Morgan fingerprint density at radius 1 is 1.30 bits per heavy atom. The molecular formula is C15H23N3O2. The number of amides is 1. The van der Waals surface area contributed by atoms with Gasteiger partial charge in [0, 0.05) is 38.4 Å². The third-order valence-electron chi connectivity index (χ3n) is 3.67. The largest absolute Gasteiger partial charge is 0.387 e. The fraction of sp³-hybridized carbons (Fsp3) is 0.600. The van der Waals surface area contributed by atoms with Crippen LogP contribution in [0.2, 0.25) is 0 Å². The topological polar surface area (TPSA) is 56.7 Å². The van der Waals surface area contributed by atoms with Gasteiger partial charge in [-0.1, -0.05) is 19.9 Å². The summed E-state index contributed by atoms with van der Waals surface area (Å²) in [6.07, 6.45) is 0. The number of aliphatic hydroxyl groups excluding tert-OH is 1. The fourth-order valence-corrected chi connectivity index (χ4v) is 2.39. The van der Waals surface area contributed by atoms with Gasteiger partial charge in [-0.25, -0.2) is 0 Å². The summed E-state index contributed by atoms with van der Waals surface area (Å²) < 4.78 is 0. The maximum atomic E-state index is 11.4. The molecule has 0 spiro atoms. The van der Waals surface area contributed by atoms with Crippen LogP contribution in [0.25, 0.3) is 0 Å². The second-order valence-corrected chi connectivity index (χ2v) is 5.52. The molecule has 1 fully saturated rings. The lowest BCUT2D eigenvalue weighted by atomic mass is 10.1. The zero-order valence-corrected chi connectivity index (χ0v) is 12.2. The molecule has 0 unspecified atom stereocenters. The van der Waals surface area contributed by atoms with Gasteiger partial charge < -0.3 is 10.0 Å². The van der Waals surface area contributed by atoms with E-state index in [0.717, 1.165) is 31.0 Å². The number of piperazine rings is 1. The monoisotopic (exact) mass is 277 g/mol. The first-order chi connectivity index (χ1) is 9.60. The Hall–Kier alpha value is -1.46. The van der Waals surface area contributed by atoms with Gasteiger partial charge in [0.1, 0.15) is 6.61 Å². The van der Waals surface area contributed by atoms with Gasteiger partial charge in [0.05, 0.1) is 5.69 Å². The van der Waals surface area contributed by atoms with E-state index >= 15 is 0 Å². The molecule has 5 nitrogen and oxygen atoms in total. The van der Waals surface area contributed by atoms with Gasteiger partial charge in [0.25, 0.3) is 0 Å². The minimum Gasteiger partial charge on any atom is -0.387 e. The van der Waals surface area contributed by atoms with Crippen LogP contribution >= 0.6 is 0 Å². The van der Waals surface area contributed by atoms with Crippen molar-refractivity contribution in [2.45, 2.75) is 26.3 Å². The maximum absolute atomic E-state index is 11.4. The van der Waals surface area contributed by atoms with E-state index in [9.17, 15) is 4.79 Å². The second kappa shape index (κ2) is 6.81. The zero-order valence-electron chi connectivity index (χ0n) is 12.2. The van der Waals surface area contributed by atoms with Gasteiger partial charge in [-0.05, 0) is 18.1 Å². The van der Waals surface area contributed by atoms with Crippen LogP contribution in [0.3, 0.4) is 0 Å². The Morgan fingerprint density at radius 3 is 2.60 bits per heavy atom. The zero-order chi connectivity index (χ0) is 14.5. The molecule has 2 heterocycles. The van der Waals surface area contributed by atoms with Crippen molar-refractivity contribution in [3.05, 3.63) is 29.6 Å². The average molecular weight is 277 g/mol. The van der Waals surface area contributed by atoms with Crippen molar-refractivity contribution < 1.29 is 9.90 Å². The van der Waals surface area contributed by atoms with E-state index < -0.39 is 6.61 Å². The molecule has 110 valence electrons. The SMILES string of the molecule is CC(C)c1cccc(CN2CCN(C(=O)CO)CC2)n1. The van der Waals surface area contributed by atoms with Crippen molar-refractivity contribution in [2.24, 2.45) is 0 Å². The van der Waals surface area contributed by atoms with Crippen LogP contribution in [0.1, 0.15) is 31.2 Å².